The van der Waals surface area contributed by atoms with Gasteiger partial charge in [-0.1, -0.05) is 17.7 Å². The van der Waals surface area contributed by atoms with Gasteiger partial charge in [0.15, 0.2) is 0 Å². The summed E-state index contributed by atoms with van der Waals surface area (Å²) in [6.45, 7) is 0. The first-order valence-electron chi connectivity index (χ1n) is 5.54. The highest BCUT2D eigenvalue weighted by Crippen LogP contribution is 2.37. The summed E-state index contributed by atoms with van der Waals surface area (Å²) in [5.41, 5.74) is 1.79. The molecule has 3 nitrogen and oxygen atoms in total. The summed E-state index contributed by atoms with van der Waals surface area (Å²) >= 11 is 5.81. The van der Waals surface area contributed by atoms with Crippen LogP contribution in [0.5, 0.6) is 5.75 Å². The van der Waals surface area contributed by atoms with Crippen LogP contribution in [0, 0.1) is 5.82 Å². The van der Waals surface area contributed by atoms with Crippen molar-refractivity contribution in [3.63, 3.8) is 0 Å². The Kier molecular flexibility index (Phi) is 2.59. The van der Waals surface area contributed by atoms with Gasteiger partial charge in [-0.05, 0) is 24.3 Å². The van der Waals surface area contributed by atoms with Crippen molar-refractivity contribution in [1.29, 1.82) is 0 Å². The van der Waals surface area contributed by atoms with Crippen LogP contribution >= 0.6 is 11.6 Å². The smallest absolute Gasteiger partial charge is 0.139 e. The van der Waals surface area contributed by atoms with Gasteiger partial charge in [0.05, 0.1) is 6.04 Å². The fourth-order valence-electron chi connectivity index (χ4n) is 2.21. The number of hydrogen-bond acceptors (Lipinski definition) is 3. The Morgan fingerprint density at radius 2 is 2.17 bits per heavy atom. The lowest BCUT2D eigenvalue weighted by atomic mass is 10.1. The molecule has 1 aliphatic rings. The zero-order chi connectivity index (χ0) is 12.7. The highest BCUT2D eigenvalue weighted by Gasteiger charge is 2.27. The number of nitrogens with zero attached hydrogens (tertiary/aromatic N) is 1. The molecule has 3 rings (SSSR count). The van der Waals surface area contributed by atoms with Crippen LogP contribution in [0.3, 0.4) is 0 Å². The lowest BCUT2D eigenvalue weighted by Crippen LogP contribution is -2.08. The summed E-state index contributed by atoms with van der Waals surface area (Å²) in [4.78, 5) is 4.10. The number of pyridine rings is 1. The predicted octanol–water partition coefficient (Wildman–Crippen LogP) is 3.29. The van der Waals surface area contributed by atoms with E-state index in [1.807, 2.05) is 0 Å². The average molecular weight is 265 g/mol. The Morgan fingerprint density at radius 1 is 1.33 bits per heavy atom. The van der Waals surface area contributed by atoms with Crippen molar-refractivity contribution in [2.45, 2.75) is 12.5 Å². The fourth-order valence-corrected chi connectivity index (χ4v) is 2.36. The van der Waals surface area contributed by atoms with Crippen molar-refractivity contribution in [2.75, 3.05) is 5.32 Å². The third-order valence-corrected chi connectivity index (χ3v) is 3.27. The number of aromatic nitrogens is 1. The molecule has 2 aromatic rings. The first kappa shape index (κ1) is 11.3. The molecule has 1 aromatic heterocycles. The monoisotopic (exact) mass is 264 g/mol. The molecule has 0 fully saturated rings. The number of rotatable bonds is 1. The van der Waals surface area contributed by atoms with Gasteiger partial charge in [0.2, 0.25) is 0 Å². The molecule has 0 saturated heterocycles. The first-order valence-corrected chi connectivity index (χ1v) is 5.92. The number of benzene rings is 1. The molecule has 0 aliphatic carbocycles. The van der Waals surface area contributed by atoms with E-state index in [9.17, 15) is 9.50 Å². The maximum atomic E-state index is 13.6. The number of nitrogens with one attached hydrogen (secondary N) is 1. The first-order chi connectivity index (χ1) is 8.65. The summed E-state index contributed by atoms with van der Waals surface area (Å²) in [6.07, 6.45) is 0.447. The molecule has 92 valence electrons. The minimum atomic E-state index is -0.254. The maximum absolute atomic E-state index is 13.6. The zero-order valence-electron chi connectivity index (χ0n) is 9.32. The topological polar surface area (TPSA) is 45.2 Å². The van der Waals surface area contributed by atoms with Gasteiger partial charge in [0.25, 0.3) is 0 Å². The van der Waals surface area contributed by atoms with Crippen LogP contribution in [-0.4, -0.2) is 10.1 Å². The molecule has 2 heterocycles. The normalized spacial score (nSPS) is 17.3. The number of fused-ring (bicyclic) bond motifs is 1. The zero-order valence-corrected chi connectivity index (χ0v) is 10.1. The van der Waals surface area contributed by atoms with Crippen LogP contribution in [0.4, 0.5) is 10.1 Å². The lowest BCUT2D eigenvalue weighted by molar-refractivity contribution is 0.459. The Balaban J connectivity index is 1.99. The molecule has 0 spiro atoms. The van der Waals surface area contributed by atoms with Crippen LogP contribution in [0.1, 0.15) is 17.3 Å². The van der Waals surface area contributed by atoms with Crippen LogP contribution < -0.4 is 5.32 Å². The van der Waals surface area contributed by atoms with Crippen LogP contribution in [0.2, 0.25) is 5.15 Å². The highest BCUT2D eigenvalue weighted by molar-refractivity contribution is 6.29. The average Bonchev–Trinajstić information content (AvgIpc) is 2.77. The summed E-state index contributed by atoms with van der Waals surface area (Å²) in [7, 11) is 0. The van der Waals surface area contributed by atoms with Crippen molar-refractivity contribution >= 4 is 17.3 Å². The van der Waals surface area contributed by atoms with Crippen molar-refractivity contribution in [3.05, 3.63) is 52.6 Å². The molecule has 1 aromatic carbocycles. The second kappa shape index (κ2) is 4.14. The van der Waals surface area contributed by atoms with Crippen LogP contribution in [-0.2, 0) is 6.42 Å². The van der Waals surface area contributed by atoms with E-state index >= 15 is 0 Å². The van der Waals surface area contributed by atoms with Gasteiger partial charge in [-0.25, -0.2) is 9.37 Å². The minimum absolute atomic E-state index is 0.0603. The molecule has 0 radical (unpaired) electrons. The van der Waals surface area contributed by atoms with E-state index in [1.165, 1.54) is 18.2 Å². The van der Waals surface area contributed by atoms with Gasteiger partial charge in [-0.3, -0.25) is 0 Å². The van der Waals surface area contributed by atoms with Crippen molar-refractivity contribution in [2.24, 2.45) is 0 Å². The summed E-state index contributed by atoms with van der Waals surface area (Å²) in [5.74, 6) is -0.186. The molecule has 0 saturated carbocycles. The van der Waals surface area contributed by atoms with Gasteiger partial charge in [0, 0.05) is 17.7 Å². The van der Waals surface area contributed by atoms with Crippen molar-refractivity contribution in [3.8, 4) is 5.75 Å². The third-order valence-electron chi connectivity index (χ3n) is 3.06. The van der Waals surface area contributed by atoms with E-state index in [2.05, 4.69) is 10.3 Å². The second-order valence-corrected chi connectivity index (χ2v) is 4.59. The standard InChI is InChI=1S/C13H10ClFN2O/c14-12-5-4-11(18)13(17-12)10-6-7-8(15)2-1-3-9(7)16-10/h1-5,10,16,18H,6H2. The molecular formula is C13H10ClFN2O. The maximum Gasteiger partial charge on any atom is 0.139 e. The number of anilines is 1. The second-order valence-electron chi connectivity index (χ2n) is 4.21. The Labute approximate surface area is 108 Å². The predicted molar refractivity (Wildman–Crippen MR) is 67.4 cm³/mol. The molecule has 0 amide bonds. The molecule has 1 unspecified atom stereocenters. The number of aromatic hydroxyl groups is 1. The van der Waals surface area contributed by atoms with Crippen LogP contribution in [0.25, 0.3) is 0 Å². The van der Waals surface area contributed by atoms with E-state index in [1.54, 1.807) is 12.1 Å². The van der Waals surface area contributed by atoms with Gasteiger partial charge in [-0.2, -0.15) is 0 Å². The number of halogens is 2. The molecule has 18 heavy (non-hydrogen) atoms. The fraction of sp³-hybridized carbons (Fsp3) is 0.154. The van der Waals surface area contributed by atoms with Gasteiger partial charge in [-0.15, -0.1) is 0 Å². The summed E-state index contributed by atoms with van der Waals surface area (Å²) in [6, 6.07) is 7.63. The SMILES string of the molecule is Oc1ccc(Cl)nc1C1Cc2c(F)cccc2N1. The quantitative estimate of drug-likeness (QED) is 0.777. The van der Waals surface area contributed by atoms with E-state index in [4.69, 9.17) is 11.6 Å². The molecular weight excluding hydrogens is 255 g/mol. The lowest BCUT2D eigenvalue weighted by Gasteiger charge is -2.12. The molecule has 1 aliphatic heterocycles. The Hall–Kier alpha value is -1.81. The molecule has 5 heteroatoms. The van der Waals surface area contributed by atoms with E-state index < -0.39 is 0 Å². The third kappa shape index (κ3) is 1.78. The Bertz CT molecular complexity index is 618. The molecule has 1 atom stereocenters. The molecule has 2 N–H and O–H groups in total. The van der Waals surface area contributed by atoms with E-state index in [-0.39, 0.29) is 17.6 Å². The van der Waals surface area contributed by atoms with Gasteiger partial charge >= 0.3 is 0 Å². The van der Waals surface area contributed by atoms with E-state index in [0.717, 1.165) is 5.69 Å². The van der Waals surface area contributed by atoms with Crippen molar-refractivity contribution in [1.82, 2.24) is 4.98 Å². The Morgan fingerprint density at radius 3 is 2.94 bits per heavy atom. The highest BCUT2D eigenvalue weighted by atomic mass is 35.5. The van der Waals surface area contributed by atoms with Crippen LogP contribution in [0.15, 0.2) is 30.3 Å². The van der Waals surface area contributed by atoms with Gasteiger partial charge in [0.1, 0.15) is 22.4 Å². The minimum Gasteiger partial charge on any atom is -0.506 e. The largest absolute Gasteiger partial charge is 0.506 e. The molecule has 0 bridgehead atoms. The summed E-state index contributed by atoms with van der Waals surface area (Å²) in [5, 5.41) is 13.2. The van der Waals surface area contributed by atoms with E-state index in [0.29, 0.717) is 22.8 Å². The summed E-state index contributed by atoms with van der Waals surface area (Å²) < 4.78 is 13.6. The number of hydrogen-bond donors (Lipinski definition) is 2. The van der Waals surface area contributed by atoms with Gasteiger partial charge < -0.3 is 10.4 Å². The van der Waals surface area contributed by atoms with Crippen molar-refractivity contribution < 1.29 is 9.50 Å².